The number of ether oxygens (including phenoxy) is 2. The van der Waals surface area contributed by atoms with Crippen molar-refractivity contribution >= 4 is 5.69 Å². The van der Waals surface area contributed by atoms with Gasteiger partial charge in [0, 0.05) is 18.3 Å². The molecular weight excluding hydrogens is 192 g/mol. The summed E-state index contributed by atoms with van der Waals surface area (Å²) in [7, 11) is 0. The highest BCUT2D eigenvalue weighted by atomic mass is 16.7. The van der Waals surface area contributed by atoms with Gasteiger partial charge >= 0.3 is 0 Å². The van der Waals surface area contributed by atoms with Crippen LogP contribution in [-0.4, -0.2) is 19.9 Å². The van der Waals surface area contributed by atoms with E-state index in [1.807, 2.05) is 18.2 Å². The molecule has 1 aliphatic rings. The van der Waals surface area contributed by atoms with E-state index in [-0.39, 0.29) is 0 Å². The van der Waals surface area contributed by atoms with E-state index in [0.717, 1.165) is 43.1 Å². The molecule has 1 heterocycles. The molecule has 0 fully saturated rings. The van der Waals surface area contributed by atoms with Gasteiger partial charge in [-0.1, -0.05) is 0 Å². The Balaban J connectivity index is 1.87. The minimum absolute atomic E-state index is 0.325. The molecule has 0 saturated carbocycles. The first-order chi connectivity index (χ1) is 7.40. The predicted octanol–water partition coefficient (Wildman–Crippen LogP) is 1.57. The molecule has 0 spiro atoms. The Kier molecular flexibility index (Phi) is 3.29. The molecule has 15 heavy (non-hydrogen) atoms. The minimum Gasteiger partial charge on any atom is -0.454 e. The van der Waals surface area contributed by atoms with Gasteiger partial charge in [0.25, 0.3) is 0 Å². The van der Waals surface area contributed by atoms with Gasteiger partial charge in [0.05, 0.1) is 0 Å². The number of rotatable bonds is 5. The van der Waals surface area contributed by atoms with E-state index in [1.54, 1.807) is 0 Å². The number of anilines is 1. The maximum atomic E-state index is 5.42. The molecule has 0 bridgehead atoms. The van der Waals surface area contributed by atoms with Gasteiger partial charge < -0.3 is 20.5 Å². The van der Waals surface area contributed by atoms with Gasteiger partial charge in [-0.3, -0.25) is 0 Å². The summed E-state index contributed by atoms with van der Waals surface area (Å²) in [4.78, 5) is 0. The lowest BCUT2D eigenvalue weighted by atomic mass is 10.2. The summed E-state index contributed by atoms with van der Waals surface area (Å²) >= 11 is 0. The fourth-order valence-corrected chi connectivity index (χ4v) is 1.51. The Morgan fingerprint density at radius 3 is 2.93 bits per heavy atom. The molecule has 1 aliphatic heterocycles. The molecule has 2 rings (SSSR count). The van der Waals surface area contributed by atoms with Crippen LogP contribution < -0.4 is 20.5 Å². The van der Waals surface area contributed by atoms with Crippen LogP contribution in [0.3, 0.4) is 0 Å². The Bertz CT molecular complexity index is 328. The first kappa shape index (κ1) is 10.1. The molecular formula is C11H16N2O2. The first-order valence-corrected chi connectivity index (χ1v) is 5.24. The zero-order valence-electron chi connectivity index (χ0n) is 8.66. The summed E-state index contributed by atoms with van der Waals surface area (Å²) in [5.41, 5.74) is 6.48. The van der Waals surface area contributed by atoms with Crippen molar-refractivity contribution in [2.24, 2.45) is 5.73 Å². The quantitative estimate of drug-likeness (QED) is 0.721. The van der Waals surface area contributed by atoms with Crippen LogP contribution in [0.5, 0.6) is 11.5 Å². The highest BCUT2D eigenvalue weighted by molar-refractivity contribution is 5.55. The standard InChI is InChI=1S/C11H16N2O2/c12-5-1-2-6-13-9-3-4-10-11(7-9)15-8-14-10/h3-4,7,13H,1-2,5-6,8,12H2. The van der Waals surface area contributed by atoms with Gasteiger partial charge in [0.15, 0.2) is 11.5 Å². The second kappa shape index (κ2) is 4.89. The largest absolute Gasteiger partial charge is 0.454 e. The van der Waals surface area contributed by atoms with E-state index >= 15 is 0 Å². The normalized spacial score (nSPS) is 12.9. The summed E-state index contributed by atoms with van der Waals surface area (Å²) in [6.07, 6.45) is 2.14. The minimum atomic E-state index is 0.325. The van der Waals surface area contributed by atoms with Crippen molar-refractivity contribution in [1.29, 1.82) is 0 Å². The maximum Gasteiger partial charge on any atom is 0.231 e. The molecule has 4 nitrogen and oxygen atoms in total. The molecule has 0 aromatic heterocycles. The zero-order valence-corrected chi connectivity index (χ0v) is 8.66. The van der Waals surface area contributed by atoms with E-state index in [2.05, 4.69) is 5.32 Å². The molecule has 1 aromatic rings. The third-order valence-electron chi connectivity index (χ3n) is 2.33. The third-order valence-corrected chi connectivity index (χ3v) is 2.33. The average Bonchev–Trinajstić information content (AvgIpc) is 2.71. The van der Waals surface area contributed by atoms with Crippen molar-refractivity contribution in [2.45, 2.75) is 12.8 Å². The summed E-state index contributed by atoms with van der Waals surface area (Å²) in [6, 6.07) is 5.88. The number of hydrogen-bond donors (Lipinski definition) is 2. The molecule has 0 unspecified atom stereocenters. The van der Waals surface area contributed by atoms with E-state index in [1.165, 1.54) is 0 Å². The summed E-state index contributed by atoms with van der Waals surface area (Å²) < 4.78 is 10.5. The van der Waals surface area contributed by atoms with E-state index in [4.69, 9.17) is 15.2 Å². The summed E-state index contributed by atoms with van der Waals surface area (Å²) in [5.74, 6) is 1.64. The van der Waals surface area contributed by atoms with Crippen molar-refractivity contribution in [1.82, 2.24) is 0 Å². The van der Waals surface area contributed by atoms with Crippen molar-refractivity contribution in [2.75, 3.05) is 25.2 Å². The fourth-order valence-electron chi connectivity index (χ4n) is 1.51. The zero-order chi connectivity index (χ0) is 10.5. The van der Waals surface area contributed by atoms with Crippen LogP contribution >= 0.6 is 0 Å². The van der Waals surface area contributed by atoms with Crippen molar-refractivity contribution in [3.8, 4) is 11.5 Å². The third kappa shape index (κ3) is 2.53. The second-order valence-electron chi connectivity index (χ2n) is 3.49. The molecule has 4 heteroatoms. The van der Waals surface area contributed by atoms with Crippen LogP contribution in [0, 0.1) is 0 Å². The lowest BCUT2D eigenvalue weighted by molar-refractivity contribution is 0.174. The molecule has 0 saturated heterocycles. The smallest absolute Gasteiger partial charge is 0.231 e. The maximum absolute atomic E-state index is 5.42. The molecule has 3 N–H and O–H groups in total. The molecule has 82 valence electrons. The van der Waals surface area contributed by atoms with E-state index in [9.17, 15) is 0 Å². The van der Waals surface area contributed by atoms with Crippen LogP contribution in [0.1, 0.15) is 12.8 Å². The average molecular weight is 208 g/mol. The fraction of sp³-hybridized carbons (Fsp3) is 0.455. The number of nitrogens with one attached hydrogen (secondary N) is 1. The van der Waals surface area contributed by atoms with Gasteiger partial charge in [-0.15, -0.1) is 0 Å². The highest BCUT2D eigenvalue weighted by Gasteiger charge is 2.12. The van der Waals surface area contributed by atoms with Crippen LogP contribution in [-0.2, 0) is 0 Å². The highest BCUT2D eigenvalue weighted by Crippen LogP contribution is 2.34. The number of nitrogens with two attached hydrogens (primary N) is 1. The Morgan fingerprint density at radius 2 is 2.07 bits per heavy atom. The van der Waals surface area contributed by atoms with Crippen molar-refractivity contribution in [3.63, 3.8) is 0 Å². The Labute approximate surface area is 89.4 Å². The van der Waals surface area contributed by atoms with Gasteiger partial charge in [0.1, 0.15) is 0 Å². The molecule has 0 atom stereocenters. The second-order valence-corrected chi connectivity index (χ2v) is 3.49. The number of hydrogen-bond acceptors (Lipinski definition) is 4. The molecule has 0 aliphatic carbocycles. The number of unbranched alkanes of at least 4 members (excludes halogenated alkanes) is 1. The lowest BCUT2D eigenvalue weighted by Crippen LogP contribution is -2.05. The van der Waals surface area contributed by atoms with Crippen LogP contribution in [0.2, 0.25) is 0 Å². The molecule has 0 amide bonds. The van der Waals surface area contributed by atoms with Crippen LogP contribution in [0.25, 0.3) is 0 Å². The van der Waals surface area contributed by atoms with Crippen molar-refractivity contribution < 1.29 is 9.47 Å². The predicted molar refractivity (Wildman–Crippen MR) is 59.3 cm³/mol. The Hall–Kier alpha value is -1.42. The Morgan fingerprint density at radius 1 is 1.20 bits per heavy atom. The number of benzene rings is 1. The van der Waals surface area contributed by atoms with Crippen LogP contribution in [0.4, 0.5) is 5.69 Å². The molecule has 0 radical (unpaired) electrons. The SMILES string of the molecule is NCCCCNc1ccc2c(c1)OCO2. The topological polar surface area (TPSA) is 56.5 Å². The van der Waals surface area contributed by atoms with Gasteiger partial charge in [-0.25, -0.2) is 0 Å². The van der Waals surface area contributed by atoms with Gasteiger partial charge in [-0.2, -0.15) is 0 Å². The van der Waals surface area contributed by atoms with Gasteiger partial charge in [-0.05, 0) is 31.5 Å². The lowest BCUT2D eigenvalue weighted by Gasteiger charge is -2.06. The van der Waals surface area contributed by atoms with Crippen molar-refractivity contribution in [3.05, 3.63) is 18.2 Å². The van der Waals surface area contributed by atoms with Crippen LogP contribution in [0.15, 0.2) is 18.2 Å². The summed E-state index contributed by atoms with van der Waals surface area (Å²) in [5, 5.41) is 3.32. The van der Waals surface area contributed by atoms with E-state index in [0.29, 0.717) is 6.79 Å². The number of fused-ring (bicyclic) bond motifs is 1. The summed E-state index contributed by atoms with van der Waals surface area (Å²) in [6.45, 7) is 2.02. The molecule has 1 aromatic carbocycles. The van der Waals surface area contributed by atoms with Gasteiger partial charge in [0.2, 0.25) is 6.79 Å². The van der Waals surface area contributed by atoms with E-state index < -0.39 is 0 Å². The first-order valence-electron chi connectivity index (χ1n) is 5.24. The monoisotopic (exact) mass is 208 g/mol.